The second-order valence-corrected chi connectivity index (χ2v) is 6.19. The number of aromatic nitrogens is 2. The molecular weight excluding hydrogens is 246 g/mol. The third-order valence-corrected chi connectivity index (χ3v) is 4.79. The summed E-state index contributed by atoms with van der Waals surface area (Å²) < 4.78 is 2.26. The van der Waals surface area contributed by atoms with Gasteiger partial charge in [0.05, 0.1) is 11.7 Å². The van der Waals surface area contributed by atoms with E-state index in [0.717, 1.165) is 0 Å². The first kappa shape index (κ1) is 15.4. The summed E-state index contributed by atoms with van der Waals surface area (Å²) >= 11 is 0. The maximum atomic E-state index is 4.95. The molecular formula is C17H31N3. The number of hydrogen-bond acceptors (Lipinski definition) is 2. The van der Waals surface area contributed by atoms with Gasteiger partial charge in [-0.05, 0) is 32.1 Å². The first-order valence-corrected chi connectivity index (χ1v) is 8.59. The van der Waals surface area contributed by atoms with Crippen molar-refractivity contribution in [1.29, 1.82) is 0 Å². The van der Waals surface area contributed by atoms with E-state index in [4.69, 9.17) is 5.10 Å². The minimum absolute atomic E-state index is 0.577. The van der Waals surface area contributed by atoms with Crippen LogP contribution >= 0.6 is 0 Å². The minimum Gasteiger partial charge on any atom is -0.367 e. The predicted octanol–water partition coefficient (Wildman–Crippen LogP) is 5.11. The van der Waals surface area contributed by atoms with Gasteiger partial charge < -0.3 is 5.32 Å². The monoisotopic (exact) mass is 277 g/mol. The van der Waals surface area contributed by atoms with Crippen LogP contribution in [0.5, 0.6) is 0 Å². The van der Waals surface area contributed by atoms with E-state index in [2.05, 4.69) is 43.8 Å². The Labute approximate surface area is 124 Å². The van der Waals surface area contributed by atoms with Gasteiger partial charge >= 0.3 is 0 Å². The van der Waals surface area contributed by atoms with Crippen LogP contribution in [0.4, 0.5) is 5.82 Å². The Balaban J connectivity index is 2.20. The van der Waals surface area contributed by atoms with Crippen LogP contribution in [0.1, 0.15) is 90.3 Å². The molecule has 20 heavy (non-hydrogen) atoms. The molecule has 1 aromatic heterocycles. The van der Waals surface area contributed by atoms with Crippen molar-refractivity contribution in [1.82, 2.24) is 9.78 Å². The highest BCUT2D eigenvalue weighted by Gasteiger charge is 2.27. The first-order chi connectivity index (χ1) is 9.73. The van der Waals surface area contributed by atoms with Gasteiger partial charge in [0.1, 0.15) is 5.82 Å². The molecule has 0 spiro atoms. The Morgan fingerprint density at radius 2 is 2.10 bits per heavy atom. The molecule has 0 fully saturated rings. The second kappa shape index (κ2) is 7.14. The fourth-order valence-electron chi connectivity index (χ4n) is 3.32. The Bertz CT molecular complexity index is 410. The Morgan fingerprint density at radius 3 is 2.70 bits per heavy atom. The molecule has 1 aromatic rings. The van der Waals surface area contributed by atoms with Crippen molar-refractivity contribution < 1.29 is 0 Å². The van der Waals surface area contributed by atoms with Gasteiger partial charge in [-0.3, -0.25) is 0 Å². The molecule has 1 aliphatic heterocycles. The van der Waals surface area contributed by atoms with Gasteiger partial charge in [-0.2, -0.15) is 5.10 Å². The molecule has 1 N–H and O–H groups in total. The maximum absolute atomic E-state index is 4.95. The van der Waals surface area contributed by atoms with Crippen molar-refractivity contribution in [2.75, 3.05) is 5.32 Å². The van der Waals surface area contributed by atoms with Gasteiger partial charge in [0.25, 0.3) is 0 Å². The lowest BCUT2D eigenvalue weighted by Crippen LogP contribution is -2.31. The molecule has 0 bridgehead atoms. The van der Waals surface area contributed by atoms with Crippen LogP contribution < -0.4 is 5.32 Å². The van der Waals surface area contributed by atoms with Crippen LogP contribution in [0.3, 0.4) is 0 Å². The molecule has 1 aliphatic rings. The molecule has 114 valence electrons. The smallest absolute Gasteiger partial charge is 0.125 e. The number of hydrogen-bond donors (Lipinski definition) is 1. The Hall–Kier alpha value is -0.990. The lowest BCUT2D eigenvalue weighted by Gasteiger charge is -2.31. The number of nitrogens with one attached hydrogen (secondary N) is 1. The van der Waals surface area contributed by atoms with Crippen LogP contribution in [0.25, 0.3) is 0 Å². The van der Waals surface area contributed by atoms with Crippen molar-refractivity contribution in [2.24, 2.45) is 0 Å². The fourth-order valence-corrected chi connectivity index (χ4v) is 3.32. The predicted molar refractivity (Wildman–Crippen MR) is 86.4 cm³/mol. The SMILES string of the molecule is CCCCC(CC)c1cc2n(n1)C(CC)CC(CC)N2. The zero-order valence-corrected chi connectivity index (χ0v) is 13.7. The number of fused-ring (bicyclic) bond motifs is 1. The summed E-state index contributed by atoms with van der Waals surface area (Å²) in [5.74, 6) is 1.88. The largest absolute Gasteiger partial charge is 0.367 e. The first-order valence-electron chi connectivity index (χ1n) is 8.59. The number of nitrogens with zero attached hydrogens (tertiary/aromatic N) is 2. The van der Waals surface area contributed by atoms with Gasteiger partial charge in [0, 0.05) is 18.0 Å². The number of anilines is 1. The molecule has 3 unspecified atom stereocenters. The average molecular weight is 277 g/mol. The van der Waals surface area contributed by atoms with E-state index in [9.17, 15) is 0 Å². The van der Waals surface area contributed by atoms with Crippen LogP contribution in [0.2, 0.25) is 0 Å². The average Bonchev–Trinajstić information content (AvgIpc) is 2.90. The molecule has 0 saturated carbocycles. The number of unbranched alkanes of at least 4 members (excludes halogenated alkanes) is 1. The second-order valence-electron chi connectivity index (χ2n) is 6.19. The van der Waals surface area contributed by atoms with Gasteiger partial charge in [-0.15, -0.1) is 0 Å². The lowest BCUT2D eigenvalue weighted by atomic mass is 9.96. The van der Waals surface area contributed by atoms with E-state index in [1.807, 2.05) is 0 Å². The highest BCUT2D eigenvalue weighted by atomic mass is 15.4. The van der Waals surface area contributed by atoms with E-state index in [-0.39, 0.29) is 0 Å². The molecule has 3 heteroatoms. The van der Waals surface area contributed by atoms with Crippen molar-refractivity contribution in [2.45, 2.75) is 90.6 Å². The van der Waals surface area contributed by atoms with Crippen LogP contribution in [0.15, 0.2) is 6.07 Å². The molecule has 0 saturated heterocycles. The van der Waals surface area contributed by atoms with E-state index >= 15 is 0 Å². The van der Waals surface area contributed by atoms with E-state index in [1.54, 1.807) is 0 Å². The Morgan fingerprint density at radius 1 is 1.30 bits per heavy atom. The number of rotatable bonds is 7. The minimum atomic E-state index is 0.577. The van der Waals surface area contributed by atoms with Crippen LogP contribution in [-0.4, -0.2) is 15.8 Å². The van der Waals surface area contributed by atoms with Crippen LogP contribution in [0, 0.1) is 0 Å². The molecule has 0 aromatic carbocycles. The highest BCUT2D eigenvalue weighted by molar-refractivity contribution is 5.41. The highest BCUT2D eigenvalue weighted by Crippen LogP contribution is 2.34. The summed E-state index contributed by atoms with van der Waals surface area (Å²) in [6, 6.07) is 3.51. The zero-order chi connectivity index (χ0) is 14.5. The molecule has 3 atom stereocenters. The normalized spacial score (nSPS) is 23.2. The molecule has 0 amide bonds. The van der Waals surface area contributed by atoms with Gasteiger partial charge in [-0.1, -0.05) is 40.5 Å². The molecule has 0 radical (unpaired) electrons. The van der Waals surface area contributed by atoms with Gasteiger partial charge in [0.2, 0.25) is 0 Å². The molecule has 0 aliphatic carbocycles. The van der Waals surface area contributed by atoms with Crippen LogP contribution in [-0.2, 0) is 0 Å². The third kappa shape index (κ3) is 3.18. The van der Waals surface area contributed by atoms with Crippen molar-refractivity contribution in [3.63, 3.8) is 0 Å². The quantitative estimate of drug-likeness (QED) is 0.750. The van der Waals surface area contributed by atoms with Crippen molar-refractivity contribution in [3.05, 3.63) is 11.8 Å². The van der Waals surface area contributed by atoms with Crippen molar-refractivity contribution in [3.8, 4) is 0 Å². The topological polar surface area (TPSA) is 29.9 Å². The van der Waals surface area contributed by atoms with E-state index in [1.165, 1.54) is 56.5 Å². The zero-order valence-electron chi connectivity index (χ0n) is 13.7. The Kier molecular flexibility index (Phi) is 5.50. The van der Waals surface area contributed by atoms with E-state index < -0.39 is 0 Å². The van der Waals surface area contributed by atoms with Gasteiger partial charge in [-0.25, -0.2) is 4.68 Å². The van der Waals surface area contributed by atoms with Crippen molar-refractivity contribution >= 4 is 5.82 Å². The van der Waals surface area contributed by atoms with Gasteiger partial charge in [0.15, 0.2) is 0 Å². The summed E-state index contributed by atoms with van der Waals surface area (Å²) in [7, 11) is 0. The summed E-state index contributed by atoms with van der Waals surface area (Å²) in [5.41, 5.74) is 1.30. The van der Waals surface area contributed by atoms with E-state index in [0.29, 0.717) is 18.0 Å². The summed E-state index contributed by atoms with van der Waals surface area (Å²) in [6.07, 6.45) is 8.65. The summed E-state index contributed by atoms with van der Waals surface area (Å²) in [6.45, 7) is 9.11. The molecule has 2 rings (SSSR count). The maximum Gasteiger partial charge on any atom is 0.125 e. The third-order valence-electron chi connectivity index (χ3n) is 4.79. The standard InChI is InChI=1S/C17H31N3/c1-5-9-10-13(6-2)16-12-17-18-14(7-3)11-15(8-4)20(17)19-16/h12-15,18H,5-11H2,1-4H3. The fraction of sp³-hybridized carbons (Fsp3) is 0.824. The lowest BCUT2D eigenvalue weighted by molar-refractivity contribution is 0.358. The summed E-state index contributed by atoms with van der Waals surface area (Å²) in [4.78, 5) is 0. The molecule has 2 heterocycles. The summed E-state index contributed by atoms with van der Waals surface area (Å²) in [5, 5.41) is 8.62. The molecule has 3 nitrogen and oxygen atoms in total.